The summed E-state index contributed by atoms with van der Waals surface area (Å²) in [5.74, 6) is -9.34. The van der Waals surface area contributed by atoms with Crippen molar-refractivity contribution < 1.29 is 66.1 Å². The SMILES string of the molecule is CCN1CCN(C(=O)NC(C(=O)N[C@@]2(C(=O)O)N3C(=O)[C@H](NC=O)[C@H]3S(=O)(=O)C2(C)C)c2ccc(OC(C)=O)c(OC(C)=O)c2)C(=O)C1=O. The quantitative estimate of drug-likeness (QED) is 0.0637. The topological polar surface area (TPSA) is 272 Å². The number of rotatable bonds is 10. The summed E-state index contributed by atoms with van der Waals surface area (Å²) < 4.78 is 34.9. The van der Waals surface area contributed by atoms with E-state index in [0.29, 0.717) is 9.80 Å². The molecule has 0 bridgehead atoms. The number of carboxylic acids is 1. The van der Waals surface area contributed by atoms with E-state index in [1.807, 2.05) is 5.32 Å². The van der Waals surface area contributed by atoms with E-state index < -0.39 is 91.0 Å². The fraction of sp³-hybridized carbons (Fsp3) is 0.464. The average molecular weight is 709 g/mol. The van der Waals surface area contributed by atoms with E-state index in [9.17, 15) is 56.7 Å². The Balaban J connectivity index is 1.83. The van der Waals surface area contributed by atoms with Gasteiger partial charge in [0.05, 0.1) is 0 Å². The minimum absolute atomic E-state index is 0.0539. The minimum Gasteiger partial charge on any atom is -0.478 e. The van der Waals surface area contributed by atoms with E-state index in [4.69, 9.17) is 9.47 Å². The van der Waals surface area contributed by atoms with E-state index >= 15 is 0 Å². The molecule has 0 aliphatic carbocycles. The number of hydrogen-bond donors (Lipinski definition) is 4. The van der Waals surface area contributed by atoms with Crippen molar-refractivity contribution in [3.8, 4) is 11.5 Å². The third-order valence-corrected chi connectivity index (χ3v) is 11.3. The lowest BCUT2D eigenvalue weighted by molar-refractivity contribution is -0.176. The van der Waals surface area contributed by atoms with Crippen LogP contribution in [0, 0.1) is 0 Å². The second-order valence-corrected chi connectivity index (χ2v) is 14.1. The van der Waals surface area contributed by atoms with Crippen molar-refractivity contribution in [1.82, 2.24) is 30.7 Å². The zero-order chi connectivity index (χ0) is 36.8. The number of imide groups is 1. The third-order valence-electron chi connectivity index (χ3n) is 8.44. The molecule has 3 fully saturated rings. The number of esters is 2. The lowest BCUT2D eigenvalue weighted by atomic mass is 9.88. The summed E-state index contributed by atoms with van der Waals surface area (Å²) in [6.07, 6.45) is 0.0554. The Labute approximate surface area is 277 Å². The van der Waals surface area contributed by atoms with Crippen LogP contribution in [-0.4, -0.2) is 124 Å². The number of carboxylic acid groups (broad SMARTS) is 1. The Kier molecular flexibility index (Phi) is 9.45. The number of piperazine rings is 1. The molecule has 0 aromatic heterocycles. The summed E-state index contributed by atoms with van der Waals surface area (Å²) in [4.78, 5) is 116. The maximum absolute atomic E-state index is 14.2. The molecule has 0 spiro atoms. The Hall–Kier alpha value is -5.60. The Bertz CT molecular complexity index is 1790. The number of amides is 7. The molecule has 0 radical (unpaired) electrons. The number of nitrogens with one attached hydrogen (secondary N) is 3. The first-order chi connectivity index (χ1) is 22.8. The molecule has 264 valence electrons. The lowest BCUT2D eigenvalue weighted by Gasteiger charge is -2.48. The van der Waals surface area contributed by atoms with Crippen molar-refractivity contribution >= 4 is 63.8 Å². The molecule has 3 heterocycles. The second-order valence-electron chi connectivity index (χ2n) is 11.5. The van der Waals surface area contributed by atoms with Gasteiger partial charge in [0.1, 0.15) is 16.8 Å². The van der Waals surface area contributed by atoms with E-state index in [0.717, 1.165) is 45.9 Å². The van der Waals surface area contributed by atoms with E-state index in [1.165, 1.54) is 4.90 Å². The number of ether oxygens (including phenoxy) is 2. The molecule has 3 aliphatic rings. The van der Waals surface area contributed by atoms with Gasteiger partial charge in [-0.3, -0.25) is 43.4 Å². The molecule has 20 nitrogen and oxygen atoms in total. The van der Waals surface area contributed by atoms with Crippen LogP contribution in [0.1, 0.15) is 46.2 Å². The van der Waals surface area contributed by atoms with Crippen LogP contribution in [0.3, 0.4) is 0 Å². The van der Waals surface area contributed by atoms with Crippen molar-refractivity contribution in [1.29, 1.82) is 0 Å². The third kappa shape index (κ3) is 5.68. The van der Waals surface area contributed by atoms with Crippen LogP contribution in [0.2, 0.25) is 0 Å². The van der Waals surface area contributed by atoms with Gasteiger partial charge in [-0.1, -0.05) is 6.07 Å². The summed E-state index contributed by atoms with van der Waals surface area (Å²) in [5.41, 5.74) is -3.31. The standard InChI is InChI=1S/C28H32N6O14S/c1-6-32-9-10-33(23(41)22(32)40)26(44)30-18(15-7-8-16(47-13(2)36)17(11-15)48-14(3)37)20(38)31-28(25(42)43)27(4,5)49(45,46)24-19(29-12-35)21(39)34(24)28/h7-8,11-12,18-19,24H,6,9-10H2,1-5H3,(H,29,35)(H,30,44)(H,31,38)(H,42,43)/t18?,19-,24+,28-/m0/s1. The molecular formula is C28H32N6O14S. The van der Waals surface area contributed by atoms with Crippen LogP contribution in [-0.2, 0) is 48.2 Å². The number of benzene rings is 1. The molecule has 49 heavy (non-hydrogen) atoms. The molecule has 1 aromatic rings. The number of fused-ring (bicyclic) bond motifs is 1. The van der Waals surface area contributed by atoms with Crippen LogP contribution in [0.15, 0.2) is 18.2 Å². The number of carbonyl (C=O) groups excluding carboxylic acids is 8. The highest BCUT2D eigenvalue weighted by atomic mass is 32.2. The van der Waals surface area contributed by atoms with Crippen molar-refractivity contribution in [2.24, 2.45) is 0 Å². The first kappa shape index (κ1) is 36.2. The van der Waals surface area contributed by atoms with Crippen LogP contribution in [0.4, 0.5) is 4.79 Å². The van der Waals surface area contributed by atoms with Gasteiger partial charge in [-0.25, -0.2) is 18.0 Å². The maximum atomic E-state index is 14.2. The predicted octanol–water partition coefficient (Wildman–Crippen LogP) is -2.63. The Morgan fingerprint density at radius 3 is 2.18 bits per heavy atom. The van der Waals surface area contributed by atoms with Crippen molar-refractivity contribution in [3.63, 3.8) is 0 Å². The van der Waals surface area contributed by atoms with Gasteiger partial charge in [0.25, 0.3) is 5.91 Å². The highest BCUT2D eigenvalue weighted by Crippen LogP contribution is 2.51. The number of aliphatic carboxylic acids is 1. The maximum Gasteiger partial charge on any atom is 0.352 e. The molecule has 3 aliphatic heterocycles. The minimum atomic E-state index is -4.66. The molecular weight excluding hydrogens is 676 g/mol. The van der Waals surface area contributed by atoms with Gasteiger partial charge in [0.2, 0.25) is 18.0 Å². The number of nitrogens with zero attached hydrogens (tertiary/aromatic N) is 3. The van der Waals surface area contributed by atoms with Gasteiger partial charge in [-0.05, 0) is 38.5 Å². The summed E-state index contributed by atoms with van der Waals surface area (Å²) in [6, 6.07) is -1.88. The number of likely N-dealkylation sites (N-methyl/N-ethyl adjacent to an activating group) is 1. The molecule has 4 rings (SSSR count). The normalized spacial score (nSPS) is 24.2. The zero-order valence-corrected chi connectivity index (χ0v) is 27.5. The van der Waals surface area contributed by atoms with Gasteiger partial charge in [-0.15, -0.1) is 0 Å². The molecule has 21 heteroatoms. The fourth-order valence-electron chi connectivity index (χ4n) is 5.89. The molecule has 4 N–H and O–H groups in total. The number of β-lactam (4-membered cyclic amide) rings is 1. The first-order valence-electron chi connectivity index (χ1n) is 14.5. The monoisotopic (exact) mass is 708 g/mol. The highest BCUT2D eigenvalue weighted by Gasteiger charge is 2.81. The van der Waals surface area contributed by atoms with E-state index in [1.54, 1.807) is 6.92 Å². The van der Waals surface area contributed by atoms with Gasteiger partial charge in [0, 0.05) is 33.5 Å². The van der Waals surface area contributed by atoms with Crippen molar-refractivity contribution in [2.45, 2.75) is 62.5 Å². The molecule has 4 atom stereocenters. The second kappa shape index (κ2) is 12.8. The predicted molar refractivity (Wildman–Crippen MR) is 159 cm³/mol. The van der Waals surface area contributed by atoms with Crippen molar-refractivity contribution in [2.75, 3.05) is 19.6 Å². The van der Waals surface area contributed by atoms with Gasteiger partial charge in [-0.2, -0.15) is 0 Å². The van der Waals surface area contributed by atoms with Crippen LogP contribution in [0.5, 0.6) is 11.5 Å². The van der Waals surface area contributed by atoms with Gasteiger partial charge < -0.3 is 35.4 Å². The lowest BCUT2D eigenvalue weighted by Crippen LogP contribution is -2.80. The largest absolute Gasteiger partial charge is 0.478 e. The summed E-state index contributed by atoms with van der Waals surface area (Å²) in [6.45, 7) is 5.34. The van der Waals surface area contributed by atoms with Crippen LogP contribution in [0.25, 0.3) is 0 Å². The van der Waals surface area contributed by atoms with Gasteiger partial charge >= 0.3 is 35.8 Å². The summed E-state index contributed by atoms with van der Waals surface area (Å²) >= 11 is 0. The molecule has 7 amide bonds. The molecule has 3 saturated heterocycles. The van der Waals surface area contributed by atoms with E-state index in [-0.39, 0.29) is 37.4 Å². The highest BCUT2D eigenvalue weighted by molar-refractivity contribution is 7.94. The number of carbonyl (C=O) groups is 9. The summed E-state index contributed by atoms with van der Waals surface area (Å²) in [7, 11) is -4.66. The first-order valence-corrected chi connectivity index (χ1v) is 16.1. The van der Waals surface area contributed by atoms with Crippen LogP contribution < -0.4 is 25.4 Å². The zero-order valence-electron chi connectivity index (χ0n) is 26.7. The number of urea groups is 1. The smallest absolute Gasteiger partial charge is 0.352 e. The summed E-state index contributed by atoms with van der Waals surface area (Å²) in [5, 5.41) is 14.9. The Morgan fingerprint density at radius 1 is 1.02 bits per heavy atom. The average Bonchev–Trinajstić information content (AvgIpc) is 3.13. The van der Waals surface area contributed by atoms with Crippen LogP contribution >= 0.6 is 0 Å². The Morgan fingerprint density at radius 2 is 1.63 bits per heavy atom. The number of hydrogen-bond acceptors (Lipinski definition) is 13. The molecule has 1 unspecified atom stereocenters. The van der Waals surface area contributed by atoms with E-state index in [2.05, 4.69) is 10.6 Å². The molecule has 1 aromatic carbocycles. The van der Waals surface area contributed by atoms with Crippen molar-refractivity contribution in [3.05, 3.63) is 23.8 Å². The number of sulfone groups is 1. The van der Waals surface area contributed by atoms with Gasteiger partial charge in [0.15, 0.2) is 26.7 Å². The fourth-order valence-corrected chi connectivity index (χ4v) is 8.23. The molecule has 0 saturated carbocycles.